The molecule has 1 aliphatic rings. The molecule has 7 heteroatoms. The molecular formula is C15H15N5O2. The Morgan fingerprint density at radius 3 is 2.86 bits per heavy atom. The molecule has 0 aliphatic carbocycles. The number of fused-ring (bicyclic) bond motifs is 1. The first kappa shape index (κ1) is 12.9. The Kier molecular flexibility index (Phi) is 2.85. The van der Waals surface area contributed by atoms with Crippen molar-refractivity contribution in [2.45, 2.75) is 13.3 Å². The Bertz CT molecular complexity index is 836. The van der Waals surface area contributed by atoms with Gasteiger partial charge in [-0.15, -0.1) is 5.10 Å². The van der Waals surface area contributed by atoms with Crippen LogP contribution in [0.25, 0.3) is 5.82 Å². The van der Waals surface area contributed by atoms with Crippen molar-refractivity contribution < 1.29 is 9.47 Å². The fourth-order valence-corrected chi connectivity index (χ4v) is 2.56. The van der Waals surface area contributed by atoms with Gasteiger partial charge in [0, 0.05) is 19.5 Å². The first-order valence-corrected chi connectivity index (χ1v) is 7.00. The fraction of sp³-hybridized carbons (Fsp3) is 0.267. The molecule has 112 valence electrons. The van der Waals surface area contributed by atoms with E-state index in [9.17, 15) is 0 Å². The van der Waals surface area contributed by atoms with Gasteiger partial charge in [0.25, 0.3) is 0 Å². The van der Waals surface area contributed by atoms with Gasteiger partial charge in [0.15, 0.2) is 17.3 Å². The standard InChI is InChI=1S/C15H15N5O2/c1-10-17-14(20(18-10)15-5-6-16-19(15)2)8-11-3-4-12-13(7-11)22-9-21-12/h3-7H,8-9H2,1-2H3. The Labute approximate surface area is 127 Å². The van der Waals surface area contributed by atoms with E-state index in [2.05, 4.69) is 15.2 Å². The van der Waals surface area contributed by atoms with Gasteiger partial charge in [-0.3, -0.25) is 4.68 Å². The van der Waals surface area contributed by atoms with E-state index in [0.29, 0.717) is 6.42 Å². The van der Waals surface area contributed by atoms with Gasteiger partial charge < -0.3 is 9.47 Å². The van der Waals surface area contributed by atoms with Crippen molar-refractivity contribution >= 4 is 0 Å². The van der Waals surface area contributed by atoms with E-state index in [1.54, 1.807) is 10.9 Å². The summed E-state index contributed by atoms with van der Waals surface area (Å²) in [5, 5.41) is 8.66. The molecule has 7 nitrogen and oxygen atoms in total. The normalized spacial score (nSPS) is 12.8. The molecule has 4 rings (SSSR count). The van der Waals surface area contributed by atoms with Gasteiger partial charge in [0.05, 0.1) is 6.20 Å². The second kappa shape index (κ2) is 4.87. The minimum atomic E-state index is 0.281. The van der Waals surface area contributed by atoms with Crippen molar-refractivity contribution in [1.29, 1.82) is 0 Å². The topological polar surface area (TPSA) is 67.0 Å². The lowest BCUT2D eigenvalue weighted by atomic mass is 10.1. The maximum atomic E-state index is 5.42. The first-order valence-electron chi connectivity index (χ1n) is 7.00. The van der Waals surface area contributed by atoms with Crippen molar-refractivity contribution in [3.05, 3.63) is 47.7 Å². The van der Waals surface area contributed by atoms with E-state index >= 15 is 0 Å². The minimum absolute atomic E-state index is 0.281. The highest BCUT2D eigenvalue weighted by atomic mass is 16.7. The number of ether oxygens (including phenoxy) is 2. The summed E-state index contributed by atoms with van der Waals surface area (Å²) in [4.78, 5) is 4.54. The molecule has 22 heavy (non-hydrogen) atoms. The van der Waals surface area contributed by atoms with Crippen LogP contribution in [0.2, 0.25) is 0 Å². The average Bonchev–Trinajstić information content (AvgIpc) is 3.19. The smallest absolute Gasteiger partial charge is 0.231 e. The number of hydrogen-bond acceptors (Lipinski definition) is 5. The largest absolute Gasteiger partial charge is 0.454 e. The highest BCUT2D eigenvalue weighted by Gasteiger charge is 2.16. The molecule has 0 N–H and O–H groups in total. The number of hydrogen-bond donors (Lipinski definition) is 0. The van der Waals surface area contributed by atoms with Gasteiger partial charge in [0.1, 0.15) is 11.6 Å². The summed E-state index contributed by atoms with van der Waals surface area (Å²) in [6.45, 7) is 2.17. The molecule has 0 fully saturated rings. The van der Waals surface area contributed by atoms with Gasteiger partial charge in [0.2, 0.25) is 6.79 Å². The predicted octanol–water partition coefficient (Wildman–Crippen LogP) is 1.63. The SMILES string of the molecule is Cc1nc(Cc2ccc3c(c2)OCO3)n(-c2ccnn2C)n1. The summed E-state index contributed by atoms with van der Waals surface area (Å²) in [6.07, 6.45) is 2.40. The molecule has 1 aliphatic heterocycles. The lowest BCUT2D eigenvalue weighted by Crippen LogP contribution is -2.09. The maximum Gasteiger partial charge on any atom is 0.231 e. The molecule has 0 bridgehead atoms. The molecule has 0 unspecified atom stereocenters. The quantitative estimate of drug-likeness (QED) is 0.735. The van der Waals surface area contributed by atoms with E-state index in [1.165, 1.54) is 0 Å². The molecular weight excluding hydrogens is 282 g/mol. The van der Waals surface area contributed by atoms with Crippen LogP contribution in [0, 0.1) is 6.92 Å². The summed E-state index contributed by atoms with van der Waals surface area (Å²) in [5.41, 5.74) is 1.10. The summed E-state index contributed by atoms with van der Waals surface area (Å²) >= 11 is 0. The van der Waals surface area contributed by atoms with Gasteiger partial charge in [-0.1, -0.05) is 6.07 Å². The third-order valence-corrected chi connectivity index (χ3v) is 3.59. The summed E-state index contributed by atoms with van der Waals surface area (Å²) < 4.78 is 14.4. The van der Waals surface area contributed by atoms with E-state index < -0.39 is 0 Å². The van der Waals surface area contributed by atoms with Gasteiger partial charge >= 0.3 is 0 Å². The second-order valence-corrected chi connectivity index (χ2v) is 5.16. The van der Waals surface area contributed by atoms with Gasteiger partial charge in [-0.2, -0.15) is 9.78 Å². The van der Waals surface area contributed by atoms with Crippen LogP contribution in [0.4, 0.5) is 0 Å². The van der Waals surface area contributed by atoms with Crippen LogP contribution in [0.1, 0.15) is 17.2 Å². The van der Waals surface area contributed by atoms with Crippen LogP contribution in [-0.2, 0) is 13.5 Å². The number of nitrogens with zero attached hydrogens (tertiary/aromatic N) is 5. The van der Waals surface area contributed by atoms with E-state index in [4.69, 9.17) is 9.47 Å². The summed E-state index contributed by atoms with van der Waals surface area (Å²) in [7, 11) is 1.89. The monoisotopic (exact) mass is 297 g/mol. The lowest BCUT2D eigenvalue weighted by molar-refractivity contribution is 0.174. The highest BCUT2D eigenvalue weighted by molar-refractivity contribution is 5.45. The van der Waals surface area contributed by atoms with Crippen LogP contribution >= 0.6 is 0 Å². The zero-order valence-corrected chi connectivity index (χ0v) is 12.4. The molecule has 3 aromatic rings. The van der Waals surface area contributed by atoms with Crippen molar-refractivity contribution in [3.63, 3.8) is 0 Å². The Balaban J connectivity index is 1.70. The molecule has 3 heterocycles. The average molecular weight is 297 g/mol. The Morgan fingerprint density at radius 2 is 2.05 bits per heavy atom. The van der Waals surface area contributed by atoms with Crippen molar-refractivity contribution in [2.24, 2.45) is 7.05 Å². The van der Waals surface area contributed by atoms with Crippen molar-refractivity contribution in [1.82, 2.24) is 24.5 Å². The number of aromatic nitrogens is 5. The molecule has 2 aromatic heterocycles. The summed E-state index contributed by atoms with van der Waals surface area (Å²) in [5.74, 6) is 4.04. The van der Waals surface area contributed by atoms with Crippen LogP contribution in [0.3, 0.4) is 0 Å². The maximum absolute atomic E-state index is 5.42. The predicted molar refractivity (Wildman–Crippen MR) is 78.2 cm³/mol. The van der Waals surface area contributed by atoms with Gasteiger partial charge in [-0.25, -0.2) is 4.98 Å². The van der Waals surface area contributed by atoms with E-state index in [-0.39, 0.29) is 6.79 Å². The minimum Gasteiger partial charge on any atom is -0.454 e. The Morgan fingerprint density at radius 1 is 1.18 bits per heavy atom. The van der Waals surface area contributed by atoms with Crippen LogP contribution in [0.5, 0.6) is 11.5 Å². The zero-order valence-electron chi connectivity index (χ0n) is 12.4. The lowest BCUT2D eigenvalue weighted by Gasteiger charge is -2.06. The summed E-state index contributed by atoms with van der Waals surface area (Å²) in [6, 6.07) is 7.84. The molecule has 0 amide bonds. The van der Waals surface area contributed by atoms with E-state index in [1.807, 2.05) is 42.9 Å². The number of rotatable bonds is 3. The van der Waals surface area contributed by atoms with Crippen molar-refractivity contribution in [3.8, 4) is 17.3 Å². The molecule has 0 spiro atoms. The molecule has 0 saturated carbocycles. The zero-order chi connectivity index (χ0) is 15.1. The molecule has 0 saturated heterocycles. The molecule has 0 atom stereocenters. The molecule has 0 radical (unpaired) electrons. The number of aryl methyl sites for hydroxylation is 2. The second-order valence-electron chi connectivity index (χ2n) is 5.16. The van der Waals surface area contributed by atoms with Crippen LogP contribution in [-0.4, -0.2) is 31.3 Å². The first-order chi connectivity index (χ1) is 10.7. The van der Waals surface area contributed by atoms with E-state index in [0.717, 1.165) is 34.5 Å². The molecule has 1 aromatic carbocycles. The van der Waals surface area contributed by atoms with Gasteiger partial charge in [-0.05, 0) is 24.6 Å². The Hall–Kier alpha value is -2.83. The number of benzene rings is 1. The third-order valence-electron chi connectivity index (χ3n) is 3.59. The fourth-order valence-electron chi connectivity index (χ4n) is 2.56. The third kappa shape index (κ3) is 2.11. The van der Waals surface area contributed by atoms with Crippen LogP contribution < -0.4 is 9.47 Å². The van der Waals surface area contributed by atoms with Crippen molar-refractivity contribution in [2.75, 3.05) is 6.79 Å². The highest BCUT2D eigenvalue weighted by Crippen LogP contribution is 2.33. The van der Waals surface area contributed by atoms with Crippen LogP contribution in [0.15, 0.2) is 30.5 Å².